The third-order valence-corrected chi connectivity index (χ3v) is 4.39. The molecule has 8 heteroatoms. The van der Waals surface area contributed by atoms with Crippen molar-refractivity contribution in [1.82, 2.24) is 0 Å². The van der Waals surface area contributed by atoms with Crippen LogP contribution in [0.2, 0.25) is 5.02 Å². The zero-order valence-electron chi connectivity index (χ0n) is 14.6. The quantitative estimate of drug-likeness (QED) is 0.415. The summed E-state index contributed by atoms with van der Waals surface area (Å²) in [5.41, 5.74) is 1.39. The summed E-state index contributed by atoms with van der Waals surface area (Å²) in [4.78, 5) is 18.0. The van der Waals surface area contributed by atoms with Gasteiger partial charge in [0.05, 0.1) is 31.1 Å². The molecule has 0 aliphatic carbocycles. The van der Waals surface area contributed by atoms with E-state index >= 15 is 0 Å². The van der Waals surface area contributed by atoms with Crippen LogP contribution in [0.15, 0.2) is 46.4 Å². The Morgan fingerprint density at radius 3 is 2.73 bits per heavy atom. The van der Waals surface area contributed by atoms with Crippen molar-refractivity contribution in [1.29, 1.82) is 0 Å². The molecule has 2 aromatic carbocycles. The SMILES string of the molecule is COc1cc(/C=N/OCC(=O)Nc2ccccc2SC)cc(Cl)c1OC. The van der Waals surface area contributed by atoms with Crippen molar-refractivity contribution < 1.29 is 19.1 Å². The van der Waals surface area contributed by atoms with E-state index in [9.17, 15) is 4.79 Å². The lowest BCUT2D eigenvalue weighted by Crippen LogP contribution is -2.17. The van der Waals surface area contributed by atoms with Crippen molar-refractivity contribution in [3.05, 3.63) is 47.0 Å². The number of hydrogen-bond donors (Lipinski definition) is 1. The average Bonchev–Trinajstić information content (AvgIpc) is 2.65. The molecule has 26 heavy (non-hydrogen) atoms. The summed E-state index contributed by atoms with van der Waals surface area (Å²) in [5.74, 6) is 0.626. The van der Waals surface area contributed by atoms with Gasteiger partial charge in [-0.15, -0.1) is 11.8 Å². The van der Waals surface area contributed by atoms with Crippen LogP contribution in [0.1, 0.15) is 5.56 Å². The molecule has 0 aliphatic heterocycles. The number of oxime groups is 1. The van der Waals surface area contributed by atoms with E-state index in [4.69, 9.17) is 25.9 Å². The average molecular weight is 395 g/mol. The van der Waals surface area contributed by atoms with Crippen LogP contribution < -0.4 is 14.8 Å². The van der Waals surface area contributed by atoms with Gasteiger partial charge in [-0.1, -0.05) is 28.9 Å². The minimum Gasteiger partial charge on any atom is -0.493 e. The molecule has 0 aliphatic rings. The van der Waals surface area contributed by atoms with E-state index in [1.807, 2.05) is 30.5 Å². The highest BCUT2D eigenvalue weighted by molar-refractivity contribution is 7.98. The highest BCUT2D eigenvalue weighted by Gasteiger charge is 2.10. The smallest absolute Gasteiger partial charge is 0.265 e. The van der Waals surface area contributed by atoms with E-state index in [2.05, 4.69) is 10.5 Å². The van der Waals surface area contributed by atoms with Crippen LogP contribution >= 0.6 is 23.4 Å². The molecular formula is C18H19ClN2O4S. The predicted octanol–water partition coefficient (Wildman–Crippen LogP) is 4.07. The van der Waals surface area contributed by atoms with Crippen LogP contribution in [-0.4, -0.2) is 39.2 Å². The second kappa shape index (κ2) is 9.94. The fourth-order valence-electron chi connectivity index (χ4n) is 2.14. The first-order valence-electron chi connectivity index (χ1n) is 7.58. The van der Waals surface area contributed by atoms with E-state index in [1.54, 1.807) is 23.9 Å². The third kappa shape index (κ3) is 5.31. The number of hydrogen-bond acceptors (Lipinski definition) is 6. The summed E-state index contributed by atoms with van der Waals surface area (Å²) in [6.45, 7) is -0.208. The maximum atomic E-state index is 12.0. The van der Waals surface area contributed by atoms with E-state index in [-0.39, 0.29) is 12.5 Å². The highest BCUT2D eigenvalue weighted by atomic mass is 35.5. The summed E-state index contributed by atoms with van der Waals surface area (Å²) in [6, 6.07) is 10.9. The summed E-state index contributed by atoms with van der Waals surface area (Å²) in [7, 11) is 3.02. The van der Waals surface area contributed by atoms with E-state index < -0.39 is 0 Å². The van der Waals surface area contributed by atoms with Gasteiger partial charge in [0.2, 0.25) is 0 Å². The van der Waals surface area contributed by atoms with E-state index in [0.29, 0.717) is 22.1 Å². The van der Waals surface area contributed by atoms with Crippen LogP contribution in [0.4, 0.5) is 5.69 Å². The maximum absolute atomic E-state index is 12.0. The van der Waals surface area contributed by atoms with Crippen molar-refractivity contribution in [2.24, 2.45) is 5.16 Å². The molecule has 0 atom stereocenters. The first-order chi connectivity index (χ1) is 12.6. The molecule has 0 aromatic heterocycles. The third-order valence-electron chi connectivity index (χ3n) is 3.31. The number of carbonyl (C=O) groups excluding carboxylic acids is 1. The number of carbonyl (C=O) groups is 1. The minimum absolute atomic E-state index is 0.208. The summed E-state index contributed by atoms with van der Waals surface area (Å²) in [5, 5.41) is 6.97. The zero-order chi connectivity index (χ0) is 18.9. The standard InChI is InChI=1S/C18H19ClN2O4S/c1-23-15-9-12(8-13(19)18(15)24-2)10-20-25-11-17(22)21-14-6-4-5-7-16(14)26-3/h4-10H,11H2,1-3H3,(H,21,22)/b20-10+. The van der Waals surface area contributed by atoms with Crippen LogP contribution in [0.3, 0.4) is 0 Å². The van der Waals surface area contributed by atoms with Crippen molar-refractivity contribution in [2.45, 2.75) is 4.90 Å². The van der Waals surface area contributed by atoms with Gasteiger partial charge >= 0.3 is 0 Å². The number of nitrogens with one attached hydrogen (secondary N) is 1. The lowest BCUT2D eigenvalue weighted by atomic mass is 10.2. The minimum atomic E-state index is -0.297. The molecule has 0 spiro atoms. The van der Waals surface area contributed by atoms with Gasteiger partial charge in [-0.2, -0.15) is 0 Å². The normalized spacial score (nSPS) is 10.6. The molecule has 0 bridgehead atoms. The topological polar surface area (TPSA) is 69.2 Å². The number of para-hydroxylation sites is 1. The molecule has 2 aromatic rings. The largest absolute Gasteiger partial charge is 0.493 e. The summed E-state index contributed by atoms with van der Waals surface area (Å²) >= 11 is 7.67. The monoisotopic (exact) mass is 394 g/mol. The Labute approximate surface area is 161 Å². The van der Waals surface area contributed by atoms with Crippen molar-refractivity contribution in [3.8, 4) is 11.5 Å². The van der Waals surface area contributed by atoms with Crippen molar-refractivity contribution in [2.75, 3.05) is 32.4 Å². The van der Waals surface area contributed by atoms with Gasteiger partial charge in [0.25, 0.3) is 5.91 Å². The van der Waals surface area contributed by atoms with Crippen molar-refractivity contribution in [3.63, 3.8) is 0 Å². The molecule has 0 heterocycles. The number of amides is 1. The fraction of sp³-hybridized carbons (Fsp3) is 0.222. The molecule has 138 valence electrons. The first kappa shape index (κ1) is 19.9. The number of anilines is 1. The van der Waals surface area contributed by atoms with Crippen LogP contribution in [0.25, 0.3) is 0 Å². The summed E-state index contributed by atoms with van der Waals surface area (Å²) in [6.07, 6.45) is 3.39. The molecule has 1 amide bonds. The number of methoxy groups -OCH3 is 2. The maximum Gasteiger partial charge on any atom is 0.265 e. The Balaban J connectivity index is 1.93. The highest BCUT2D eigenvalue weighted by Crippen LogP contribution is 2.35. The Hall–Kier alpha value is -2.38. The molecule has 0 radical (unpaired) electrons. The molecule has 0 unspecified atom stereocenters. The molecule has 1 N–H and O–H groups in total. The number of ether oxygens (including phenoxy) is 2. The van der Waals surface area contributed by atoms with Gasteiger partial charge in [0, 0.05) is 10.5 Å². The van der Waals surface area contributed by atoms with Gasteiger partial charge in [0.1, 0.15) is 0 Å². The zero-order valence-corrected chi connectivity index (χ0v) is 16.2. The fourth-order valence-corrected chi connectivity index (χ4v) is 2.99. The molecule has 0 fully saturated rings. The first-order valence-corrected chi connectivity index (χ1v) is 9.19. The Morgan fingerprint density at radius 2 is 2.04 bits per heavy atom. The predicted molar refractivity (Wildman–Crippen MR) is 105 cm³/mol. The van der Waals surface area contributed by atoms with Gasteiger partial charge in [-0.3, -0.25) is 4.79 Å². The number of halogens is 1. The Bertz CT molecular complexity index is 799. The Kier molecular flexibility index (Phi) is 7.62. The lowest BCUT2D eigenvalue weighted by molar-refractivity contribution is -0.120. The number of thioether (sulfide) groups is 1. The van der Waals surface area contributed by atoms with Gasteiger partial charge in [-0.05, 0) is 30.5 Å². The molecule has 0 saturated carbocycles. The van der Waals surface area contributed by atoms with Crippen LogP contribution in [-0.2, 0) is 9.63 Å². The Morgan fingerprint density at radius 1 is 1.27 bits per heavy atom. The van der Waals surface area contributed by atoms with E-state index in [0.717, 1.165) is 10.6 Å². The summed E-state index contributed by atoms with van der Waals surface area (Å²) < 4.78 is 10.4. The molecule has 2 rings (SSSR count). The number of rotatable bonds is 8. The van der Waals surface area contributed by atoms with Gasteiger partial charge < -0.3 is 19.6 Å². The van der Waals surface area contributed by atoms with Crippen LogP contribution in [0.5, 0.6) is 11.5 Å². The van der Waals surface area contributed by atoms with Crippen molar-refractivity contribution >= 4 is 41.2 Å². The number of benzene rings is 2. The molecule has 6 nitrogen and oxygen atoms in total. The second-order valence-corrected chi connectivity index (χ2v) is 6.25. The molecular weight excluding hydrogens is 376 g/mol. The second-order valence-electron chi connectivity index (χ2n) is 4.99. The van der Waals surface area contributed by atoms with Gasteiger partial charge in [-0.25, -0.2) is 0 Å². The van der Waals surface area contributed by atoms with E-state index in [1.165, 1.54) is 20.4 Å². The molecule has 0 saturated heterocycles. The number of nitrogens with zero attached hydrogens (tertiary/aromatic N) is 1. The van der Waals surface area contributed by atoms with Crippen LogP contribution in [0, 0.1) is 0 Å². The van der Waals surface area contributed by atoms with Gasteiger partial charge in [0.15, 0.2) is 18.1 Å². The lowest BCUT2D eigenvalue weighted by Gasteiger charge is -2.10.